The number of pyridine rings is 1. The van der Waals surface area contributed by atoms with Gasteiger partial charge in [0.2, 0.25) is 5.91 Å². The maximum Gasteiger partial charge on any atom is 0.269 e. The first-order valence-electron chi connectivity index (χ1n) is 16.5. The number of nitrogens with zero attached hydrogens (tertiary/aromatic N) is 5. The molecule has 51 heavy (non-hydrogen) atoms. The lowest BCUT2D eigenvalue weighted by Gasteiger charge is -2.36. The van der Waals surface area contributed by atoms with Gasteiger partial charge < -0.3 is 14.5 Å². The highest BCUT2D eigenvalue weighted by Crippen LogP contribution is 2.49. The van der Waals surface area contributed by atoms with Crippen LogP contribution < -0.4 is 9.86 Å². The molecule has 3 aromatic carbocycles. The van der Waals surface area contributed by atoms with Crippen molar-refractivity contribution in [2.24, 2.45) is 0 Å². The largest absolute Gasteiger partial charge is 0.378 e. The third kappa shape index (κ3) is 6.76. The molecule has 0 spiro atoms. The molecular weight excluding hydrogens is 720 g/mol. The maximum atomic E-state index is 15.2. The first-order chi connectivity index (χ1) is 24.5. The van der Waals surface area contributed by atoms with Gasteiger partial charge in [-0.15, -0.1) is 0 Å². The topological polar surface area (TPSA) is 112 Å². The summed E-state index contributed by atoms with van der Waals surface area (Å²) >= 11 is 12.5. The minimum Gasteiger partial charge on any atom is -0.378 e. The lowest BCUT2D eigenvalue weighted by atomic mass is 9.94. The van der Waals surface area contributed by atoms with E-state index < -0.39 is 44.3 Å². The molecule has 0 bridgehead atoms. The summed E-state index contributed by atoms with van der Waals surface area (Å²) in [6.07, 6.45) is 0. The number of rotatable bonds is 7. The molecular formula is C36H34Cl2FN5O6S. The number of aromatic nitrogens is 1. The molecule has 266 valence electrons. The highest BCUT2D eigenvalue weighted by molar-refractivity contribution is 7.92. The van der Waals surface area contributed by atoms with Crippen molar-refractivity contribution in [3.8, 4) is 0 Å². The van der Waals surface area contributed by atoms with Crippen LogP contribution in [0.25, 0.3) is 0 Å². The van der Waals surface area contributed by atoms with Crippen LogP contribution in [0.15, 0.2) is 94.6 Å². The smallest absolute Gasteiger partial charge is 0.269 e. The van der Waals surface area contributed by atoms with Crippen molar-refractivity contribution < 1.29 is 27.1 Å². The Labute approximate surface area is 304 Å². The number of sulfonamides is 1. The second-order valence-corrected chi connectivity index (χ2v) is 15.2. The standard InChI is InChI=1S/C36H34Cl2FN5O6S/c37-26-9-5-24(6-10-26)33-34(25-7-11-27(38)12-8-25)44(51(48,49)30-4-2-1-3-29(30)39)31-14-13-28(36(47)43(31)33)35(46)42-17-15-40(16-18-42)23-32(45)41-19-21-50-22-20-41/h1-14,33-34H,15-23H2. The average Bonchev–Trinajstić information content (AvgIpc) is 3.50. The summed E-state index contributed by atoms with van der Waals surface area (Å²) in [7, 11) is -4.63. The third-order valence-corrected chi connectivity index (χ3v) is 11.9. The van der Waals surface area contributed by atoms with Crippen molar-refractivity contribution in [3.63, 3.8) is 0 Å². The van der Waals surface area contributed by atoms with Crippen molar-refractivity contribution in [2.75, 3.05) is 63.3 Å². The summed E-state index contributed by atoms with van der Waals surface area (Å²) in [5.41, 5.74) is 0.179. The number of ether oxygens (including phenoxy) is 1. The summed E-state index contributed by atoms with van der Waals surface area (Å²) in [5, 5.41) is 0.842. The van der Waals surface area contributed by atoms with E-state index in [-0.39, 0.29) is 36.9 Å². The highest BCUT2D eigenvalue weighted by atomic mass is 35.5. The molecule has 0 saturated carbocycles. The molecule has 7 rings (SSSR count). The van der Waals surface area contributed by atoms with Gasteiger partial charge in [0.25, 0.3) is 21.5 Å². The minimum atomic E-state index is -4.63. The number of carbonyl (C=O) groups excluding carboxylic acids is 2. The highest BCUT2D eigenvalue weighted by Gasteiger charge is 2.48. The fourth-order valence-corrected chi connectivity index (χ4v) is 8.91. The molecule has 0 aliphatic carbocycles. The Morgan fingerprint density at radius 3 is 1.94 bits per heavy atom. The van der Waals surface area contributed by atoms with Gasteiger partial charge in [0, 0.05) is 49.3 Å². The van der Waals surface area contributed by atoms with E-state index in [1.807, 2.05) is 4.90 Å². The van der Waals surface area contributed by atoms with Gasteiger partial charge in [0.05, 0.1) is 31.8 Å². The van der Waals surface area contributed by atoms with E-state index in [2.05, 4.69) is 0 Å². The number of anilines is 1. The second-order valence-electron chi connectivity index (χ2n) is 12.6. The average molecular weight is 755 g/mol. The van der Waals surface area contributed by atoms with E-state index in [4.69, 9.17) is 27.9 Å². The van der Waals surface area contributed by atoms with Crippen molar-refractivity contribution in [1.82, 2.24) is 19.3 Å². The molecule has 2 atom stereocenters. The Bertz CT molecular complexity index is 2120. The molecule has 15 heteroatoms. The normalized spacial score (nSPS) is 19.6. The van der Waals surface area contributed by atoms with Crippen LogP contribution in [0.4, 0.5) is 10.2 Å². The molecule has 3 aliphatic rings. The van der Waals surface area contributed by atoms with Crippen LogP contribution in [0, 0.1) is 5.82 Å². The second kappa shape index (κ2) is 14.4. The lowest BCUT2D eigenvalue weighted by Crippen LogP contribution is -2.53. The summed E-state index contributed by atoms with van der Waals surface area (Å²) in [6.45, 7) is 3.81. The minimum absolute atomic E-state index is 0.00770. The zero-order valence-corrected chi connectivity index (χ0v) is 29.7. The number of hydrogen-bond donors (Lipinski definition) is 0. The van der Waals surface area contributed by atoms with Gasteiger partial charge in [-0.2, -0.15) is 0 Å². The predicted molar refractivity (Wildman–Crippen MR) is 190 cm³/mol. The molecule has 2 unspecified atom stereocenters. The monoisotopic (exact) mass is 753 g/mol. The first-order valence-corrected chi connectivity index (χ1v) is 18.7. The van der Waals surface area contributed by atoms with Gasteiger partial charge in [-0.25, -0.2) is 17.1 Å². The molecule has 4 heterocycles. The number of amides is 2. The van der Waals surface area contributed by atoms with Crippen LogP contribution in [0.3, 0.4) is 0 Å². The number of halogens is 3. The van der Waals surface area contributed by atoms with E-state index in [1.54, 1.807) is 58.3 Å². The molecule has 2 saturated heterocycles. The van der Waals surface area contributed by atoms with Crippen LogP contribution in [0.5, 0.6) is 0 Å². The van der Waals surface area contributed by atoms with Crippen molar-refractivity contribution in [2.45, 2.75) is 17.0 Å². The Kier molecular flexibility index (Phi) is 9.92. The third-order valence-electron chi connectivity index (χ3n) is 9.56. The Morgan fingerprint density at radius 1 is 0.745 bits per heavy atom. The van der Waals surface area contributed by atoms with E-state index in [9.17, 15) is 22.8 Å². The molecule has 0 radical (unpaired) electrons. The number of fused-ring (bicyclic) bond motifs is 1. The van der Waals surface area contributed by atoms with Crippen LogP contribution >= 0.6 is 23.2 Å². The van der Waals surface area contributed by atoms with Crippen molar-refractivity contribution in [1.29, 1.82) is 0 Å². The van der Waals surface area contributed by atoms with Gasteiger partial charge >= 0.3 is 0 Å². The Hall–Kier alpha value is -4.27. The van der Waals surface area contributed by atoms with Crippen LogP contribution in [-0.2, 0) is 19.6 Å². The SMILES string of the molecule is O=C(CN1CCN(C(=O)c2ccc3n(c2=O)C(c2ccc(Cl)cc2)C(c2ccc(Cl)cc2)N3S(=O)(=O)c2ccccc2F)CC1)N1CCOCC1. The molecule has 4 aromatic rings. The van der Waals surface area contributed by atoms with Gasteiger partial charge in [-0.3, -0.25) is 23.9 Å². The molecule has 3 aliphatic heterocycles. The van der Waals surface area contributed by atoms with Gasteiger partial charge in [-0.05, 0) is 59.7 Å². The molecule has 2 fully saturated rings. The molecule has 0 N–H and O–H groups in total. The number of carbonyl (C=O) groups is 2. The lowest BCUT2D eigenvalue weighted by molar-refractivity contribution is -0.136. The Balaban J connectivity index is 1.27. The van der Waals surface area contributed by atoms with Gasteiger partial charge in [0.1, 0.15) is 22.1 Å². The summed E-state index contributed by atoms with van der Waals surface area (Å²) in [6, 6.07) is 18.9. The zero-order chi connectivity index (χ0) is 35.9. The fourth-order valence-electron chi connectivity index (χ4n) is 6.95. The number of benzene rings is 3. The van der Waals surface area contributed by atoms with E-state index in [1.165, 1.54) is 34.9 Å². The van der Waals surface area contributed by atoms with E-state index in [0.717, 1.165) is 10.4 Å². The van der Waals surface area contributed by atoms with Crippen LogP contribution in [0.2, 0.25) is 10.0 Å². The predicted octanol–water partition coefficient (Wildman–Crippen LogP) is 4.45. The fraction of sp³-hybridized carbons (Fsp3) is 0.306. The van der Waals surface area contributed by atoms with Gasteiger partial charge in [-0.1, -0.05) is 59.6 Å². The maximum absolute atomic E-state index is 15.2. The summed E-state index contributed by atoms with van der Waals surface area (Å²) < 4.78 is 51.9. The quantitative estimate of drug-likeness (QED) is 0.274. The van der Waals surface area contributed by atoms with Crippen molar-refractivity contribution in [3.05, 3.63) is 128 Å². The molecule has 2 amide bonds. The first kappa shape index (κ1) is 35.1. The van der Waals surface area contributed by atoms with E-state index in [0.29, 0.717) is 60.6 Å². The molecule has 11 nitrogen and oxygen atoms in total. The number of piperazine rings is 1. The number of hydrogen-bond acceptors (Lipinski definition) is 7. The summed E-state index contributed by atoms with van der Waals surface area (Å²) in [4.78, 5) is 46.2. The van der Waals surface area contributed by atoms with Gasteiger partial charge in [0.15, 0.2) is 0 Å². The van der Waals surface area contributed by atoms with Crippen molar-refractivity contribution >= 4 is 50.9 Å². The molecule has 1 aromatic heterocycles. The van der Waals surface area contributed by atoms with Crippen LogP contribution in [-0.4, -0.2) is 98.5 Å². The van der Waals surface area contributed by atoms with Crippen LogP contribution in [0.1, 0.15) is 33.6 Å². The Morgan fingerprint density at radius 2 is 1.33 bits per heavy atom. The summed E-state index contributed by atoms with van der Waals surface area (Å²) in [5.74, 6) is -1.49. The zero-order valence-electron chi connectivity index (χ0n) is 27.3. The van der Waals surface area contributed by atoms with E-state index >= 15 is 4.39 Å². The number of morpholine rings is 1.